The normalized spacial score (nSPS) is 16.6. The zero-order valence-corrected chi connectivity index (χ0v) is 21.1. The Bertz CT molecular complexity index is 884. The van der Waals surface area contributed by atoms with E-state index in [0.29, 0.717) is 25.2 Å². The minimum absolute atomic E-state index is 0.0314. The van der Waals surface area contributed by atoms with E-state index in [1.807, 2.05) is 6.07 Å². The van der Waals surface area contributed by atoms with Crippen LogP contribution in [-0.4, -0.2) is 40.8 Å². The molecule has 5 heteroatoms. The topological polar surface area (TPSA) is 62.3 Å². The number of nitrogens with one attached hydrogen (secondary N) is 1. The van der Waals surface area contributed by atoms with E-state index in [2.05, 4.69) is 78.0 Å². The molecule has 2 amide bonds. The van der Waals surface area contributed by atoms with Crippen molar-refractivity contribution in [3.05, 3.63) is 90.9 Å². The van der Waals surface area contributed by atoms with E-state index >= 15 is 0 Å². The molecular formula is C30H41N3O2. The van der Waals surface area contributed by atoms with Crippen molar-refractivity contribution in [2.45, 2.75) is 70.8 Å². The van der Waals surface area contributed by atoms with E-state index < -0.39 is 0 Å². The first-order chi connectivity index (χ1) is 17.2. The number of unbranched alkanes of at least 4 members (excludes halogenated alkanes) is 1. The number of likely N-dealkylation sites (tertiary alicyclic amines) is 1. The molecule has 1 atom stereocenters. The van der Waals surface area contributed by atoms with Crippen molar-refractivity contribution in [1.82, 2.24) is 15.2 Å². The Kier molecular flexibility index (Phi) is 14.5. The zero-order chi connectivity index (χ0) is 25.0. The molecule has 1 aromatic heterocycles. The molecule has 1 aliphatic heterocycles. The molecule has 1 N–H and O–H groups in total. The molecule has 5 nitrogen and oxygen atoms in total. The number of pyridine rings is 1. The summed E-state index contributed by atoms with van der Waals surface area (Å²) in [6.45, 7) is 3.35. The van der Waals surface area contributed by atoms with Gasteiger partial charge in [0.1, 0.15) is 5.69 Å². The molecule has 2 rings (SSSR count). The third-order valence-corrected chi connectivity index (χ3v) is 5.66. The highest BCUT2D eigenvalue weighted by Crippen LogP contribution is 2.13. The largest absolute Gasteiger partial charge is 0.352 e. The van der Waals surface area contributed by atoms with Crippen molar-refractivity contribution in [2.75, 3.05) is 13.1 Å². The number of aromatic nitrogens is 1. The fourth-order valence-corrected chi connectivity index (χ4v) is 3.76. The molecule has 1 aliphatic rings. The van der Waals surface area contributed by atoms with Crippen molar-refractivity contribution in [3.63, 3.8) is 0 Å². The van der Waals surface area contributed by atoms with Gasteiger partial charge in [0, 0.05) is 31.7 Å². The predicted octanol–water partition coefficient (Wildman–Crippen LogP) is 6.33. The number of nitrogens with zero attached hydrogens (tertiary/aromatic N) is 2. The van der Waals surface area contributed by atoms with E-state index in [-0.39, 0.29) is 17.9 Å². The van der Waals surface area contributed by atoms with Crippen molar-refractivity contribution in [2.24, 2.45) is 0 Å². The van der Waals surface area contributed by atoms with Gasteiger partial charge in [0.2, 0.25) is 5.91 Å². The maximum Gasteiger partial charge on any atom is 0.272 e. The number of amides is 2. The van der Waals surface area contributed by atoms with Crippen LogP contribution in [0.3, 0.4) is 0 Å². The summed E-state index contributed by atoms with van der Waals surface area (Å²) >= 11 is 0. The molecule has 2 heterocycles. The lowest BCUT2D eigenvalue weighted by atomic mass is 10.2. The number of rotatable bonds is 15. The first-order valence-corrected chi connectivity index (χ1v) is 12.9. The lowest BCUT2D eigenvalue weighted by Gasteiger charge is -2.16. The van der Waals surface area contributed by atoms with Gasteiger partial charge in [-0.05, 0) is 63.5 Å². The van der Waals surface area contributed by atoms with Gasteiger partial charge in [0.15, 0.2) is 0 Å². The smallest absolute Gasteiger partial charge is 0.272 e. The van der Waals surface area contributed by atoms with Gasteiger partial charge in [0.05, 0.1) is 0 Å². The molecule has 188 valence electrons. The Morgan fingerprint density at radius 3 is 2.17 bits per heavy atom. The van der Waals surface area contributed by atoms with Crippen LogP contribution in [0.2, 0.25) is 0 Å². The van der Waals surface area contributed by atoms with E-state index in [4.69, 9.17) is 0 Å². The van der Waals surface area contributed by atoms with Crippen LogP contribution in [0, 0.1) is 0 Å². The molecule has 1 unspecified atom stereocenters. The summed E-state index contributed by atoms with van der Waals surface area (Å²) in [6.07, 6.45) is 31.5. The summed E-state index contributed by atoms with van der Waals surface area (Å²) < 4.78 is 0. The number of carbonyl (C=O) groups is 2. The summed E-state index contributed by atoms with van der Waals surface area (Å²) in [5, 5.41) is 3.07. The van der Waals surface area contributed by atoms with Crippen molar-refractivity contribution in [1.29, 1.82) is 0 Å². The molecule has 0 saturated carbocycles. The van der Waals surface area contributed by atoms with Crippen LogP contribution in [0.25, 0.3) is 0 Å². The van der Waals surface area contributed by atoms with E-state index in [0.717, 1.165) is 51.4 Å². The lowest BCUT2D eigenvalue weighted by Crippen LogP contribution is -2.38. The third-order valence-electron chi connectivity index (χ3n) is 5.66. The minimum Gasteiger partial charge on any atom is -0.352 e. The van der Waals surface area contributed by atoms with E-state index in [1.165, 1.54) is 0 Å². The predicted molar refractivity (Wildman–Crippen MR) is 145 cm³/mol. The van der Waals surface area contributed by atoms with Crippen LogP contribution in [0.4, 0.5) is 0 Å². The highest BCUT2D eigenvalue weighted by molar-refractivity contribution is 5.92. The standard InChI is InChI=1S/C30H41N3O2/c1-2-3-4-5-6-7-8-9-10-11-12-13-14-15-16-17-18-22-29(34)32-27-23-25-33(26-27)30(35)28-21-19-20-24-31-28/h3-4,6-7,9-10,12-13,15-16,19-21,24,27H,2,5,8,11,14,17-18,22-23,25-26H2,1H3,(H,32,34). The first kappa shape index (κ1) is 28.0. The van der Waals surface area contributed by atoms with Gasteiger partial charge < -0.3 is 10.2 Å². The molecular weight excluding hydrogens is 434 g/mol. The Morgan fingerprint density at radius 1 is 0.943 bits per heavy atom. The Labute approximate surface area is 211 Å². The SMILES string of the molecule is CCC=CCC=CCC=CCC=CCC=CCCCC(=O)NC1CCN(C(=O)c2ccccn2)C1. The summed E-state index contributed by atoms with van der Waals surface area (Å²) in [5.41, 5.74) is 0.455. The maximum atomic E-state index is 12.5. The summed E-state index contributed by atoms with van der Waals surface area (Å²) in [7, 11) is 0. The molecule has 0 radical (unpaired) electrons. The van der Waals surface area contributed by atoms with Gasteiger partial charge in [-0.1, -0.05) is 73.8 Å². The quantitative estimate of drug-likeness (QED) is 0.238. The molecule has 0 spiro atoms. The summed E-state index contributed by atoms with van der Waals surface area (Å²) in [5.74, 6) is -0.00442. The Balaban J connectivity index is 1.47. The van der Waals surface area contributed by atoms with Crippen LogP contribution in [0.1, 0.15) is 75.2 Å². The average Bonchev–Trinajstić information content (AvgIpc) is 3.34. The van der Waals surface area contributed by atoms with Gasteiger partial charge in [0.25, 0.3) is 5.91 Å². The zero-order valence-electron chi connectivity index (χ0n) is 21.1. The van der Waals surface area contributed by atoms with Crippen LogP contribution >= 0.6 is 0 Å². The molecule has 1 aromatic rings. The number of hydrogen-bond acceptors (Lipinski definition) is 3. The highest BCUT2D eigenvalue weighted by atomic mass is 16.2. The van der Waals surface area contributed by atoms with Crippen molar-refractivity contribution in [3.8, 4) is 0 Å². The second kappa shape index (κ2) is 18.2. The third kappa shape index (κ3) is 12.7. The second-order valence-corrected chi connectivity index (χ2v) is 8.62. The molecule has 1 fully saturated rings. The van der Waals surface area contributed by atoms with Crippen molar-refractivity contribution < 1.29 is 9.59 Å². The first-order valence-electron chi connectivity index (χ1n) is 12.9. The Hall–Kier alpha value is -3.21. The highest BCUT2D eigenvalue weighted by Gasteiger charge is 2.28. The number of carbonyl (C=O) groups excluding carboxylic acids is 2. The summed E-state index contributed by atoms with van der Waals surface area (Å²) in [6, 6.07) is 5.36. The monoisotopic (exact) mass is 475 g/mol. The van der Waals surface area contributed by atoms with Crippen LogP contribution < -0.4 is 5.32 Å². The summed E-state index contributed by atoms with van der Waals surface area (Å²) in [4.78, 5) is 30.6. The second-order valence-electron chi connectivity index (χ2n) is 8.62. The van der Waals surface area contributed by atoms with Crippen LogP contribution in [0.15, 0.2) is 85.2 Å². The molecule has 0 aliphatic carbocycles. The number of hydrogen-bond donors (Lipinski definition) is 1. The van der Waals surface area contributed by atoms with Crippen LogP contribution in [-0.2, 0) is 4.79 Å². The van der Waals surface area contributed by atoms with Gasteiger partial charge in [-0.25, -0.2) is 0 Å². The van der Waals surface area contributed by atoms with Crippen LogP contribution in [0.5, 0.6) is 0 Å². The van der Waals surface area contributed by atoms with E-state index in [9.17, 15) is 9.59 Å². The fraction of sp³-hybridized carbons (Fsp3) is 0.433. The number of allylic oxidation sites excluding steroid dienone is 10. The van der Waals surface area contributed by atoms with Gasteiger partial charge in [-0.15, -0.1) is 0 Å². The molecule has 0 aromatic carbocycles. The molecule has 1 saturated heterocycles. The lowest BCUT2D eigenvalue weighted by molar-refractivity contribution is -0.121. The van der Waals surface area contributed by atoms with Gasteiger partial charge in [-0.2, -0.15) is 0 Å². The fourth-order valence-electron chi connectivity index (χ4n) is 3.76. The van der Waals surface area contributed by atoms with Gasteiger partial charge >= 0.3 is 0 Å². The van der Waals surface area contributed by atoms with Crippen molar-refractivity contribution >= 4 is 11.8 Å². The molecule has 35 heavy (non-hydrogen) atoms. The Morgan fingerprint density at radius 2 is 1.57 bits per heavy atom. The maximum absolute atomic E-state index is 12.5. The minimum atomic E-state index is -0.0688. The van der Waals surface area contributed by atoms with E-state index in [1.54, 1.807) is 23.2 Å². The average molecular weight is 476 g/mol. The molecule has 0 bridgehead atoms. The van der Waals surface area contributed by atoms with Gasteiger partial charge in [-0.3, -0.25) is 14.6 Å².